The molecule has 1 unspecified atom stereocenters. The quantitative estimate of drug-likeness (QED) is 0.785. The molecular formula is C10H19N5O. The zero-order chi connectivity index (χ0) is 11.4. The Kier molecular flexibility index (Phi) is 3.84. The summed E-state index contributed by atoms with van der Waals surface area (Å²) in [4.78, 5) is 0. The first-order valence-corrected chi connectivity index (χ1v) is 5.82. The Bertz CT molecular complexity index is 319. The van der Waals surface area contributed by atoms with Crippen LogP contribution in [0.25, 0.3) is 0 Å². The zero-order valence-corrected chi connectivity index (χ0v) is 9.89. The highest BCUT2D eigenvalue weighted by atomic mass is 16.5. The predicted molar refractivity (Wildman–Crippen MR) is 58.8 cm³/mol. The molecule has 1 N–H and O–H groups in total. The molecule has 2 heterocycles. The molecule has 1 aliphatic heterocycles. The minimum atomic E-state index is 0.311. The maximum Gasteiger partial charge on any atom is 0.165 e. The predicted octanol–water partition coefficient (Wildman–Crippen LogP) is 0.380. The minimum absolute atomic E-state index is 0.311. The molecule has 6 nitrogen and oxygen atoms in total. The molecule has 1 fully saturated rings. The first-order valence-electron chi connectivity index (χ1n) is 5.82. The van der Waals surface area contributed by atoms with Gasteiger partial charge in [0.2, 0.25) is 0 Å². The number of ether oxygens (including phenoxy) is 1. The number of nitrogens with zero attached hydrogens (tertiary/aromatic N) is 4. The van der Waals surface area contributed by atoms with Gasteiger partial charge in [-0.1, -0.05) is 13.8 Å². The van der Waals surface area contributed by atoms with E-state index in [0.29, 0.717) is 12.0 Å². The summed E-state index contributed by atoms with van der Waals surface area (Å²) < 4.78 is 7.23. The Morgan fingerprint density at radius 1 is 1.56 bits per heavy atom. The first kappa shape index (κ1) is 11.5. The van der Waals surface area contributed by atoms with Crippen molar-refractivity contribution in [1.82, 2.24) is 25.5 Å². The maximum absolute atomic E-state index is 5.34. The van der Waals surface area contributed by atoms with E-state index in [-0.39, 0.29) is 0 Å². The van der Waals surface area contributed by atoms with Gasteiger partial charge >= 0.3 is 0 Å². The van der Waals surface area contributed by atoms with Gasteiger partial charge in [-0.25, -0.2) is 4.68 Å². The molecule has 1 saturated heterocycles. The summed E-state index contributed by atoms with van der Waals surface area (Å²) in [5, 5.41) is 15.2. The van der Waals surface area contributed by atoms with Crippen LogP contribution in [0.2, 0.25) is 0 Å². The lowest BCUT2D eigenvalue weighted by atomic mass is 10.2. The van der Waals surface area contributed by atoms with Crippen molar-refractivity contribution in [3.8, 4) is 0 Å². The third kappa shape index (κ3) is 2.76. The van der Waals surface area contributed by atoms with Gasteiger partial charge in [0.15, 0.2) is 5.82 Å². The van der Waals surface area contributed by atoms with Gasteiger partial charge in [0, 0.05) is 6.61 Å². The summed E-state index contributed by atoms with van der Waals surface area (Å²) in [7, 11) is 0. The second kappa shape index (κ2) is 5.36. The van der Waals surface area contributed by atoms with Crippen LogP contribution >= 0.6 is 0 Å². The molecule has 0 aliphatic carbocycles. The van der Waals surface area contributed by atoms with Gasteiger partial charge in [-0.2, -0.15) is 0 Å². The Hall–Kier alpha value is -1.01. The van der Waals surface area contributed by atoms with Crippen molar-refractivity contribution in [2.75, 3.05) is 19.8 Å². The third-order valence-corrected chi connectivity index (χ3v) is 2.65. The fraction of sp³-hybridized carbons (Fsp3) is 0.900. The van der Waals surface area contributed by atoms with Crippen LogP contribution in [0.1, 0.15) is 32.1 Å². The Morgan fingerprint density at radius 3 is 3.12 bits per heavy atom. The smallest absolute Gasteiger partial charge is 0.165 e. The fourth-order valence-electron chi connectivity index (χ4n) is 1.80. The second-order valence-corrected chi connectivity index (χ2v) is 4.58. The average Bonchev–Trinajstić information content (AvgIpc) is 2.84. The number of nitrogens with one attached hydrogen (secondary N) is 1. The number of rotatable bonds is 5. The average molecular weight is 225 g/mol. The van der Waals surface area contributed by atoms with Crippen LogP contribution in [0.5, 0.6) is 0 Å². The molecule has 1 aromatic rings. The van der Waals surface area contributed by atoms with Crippen LogP contribution in [0.4, 0.5) is 0 Å². The summed E-state index contributed by atoms with van der Waals surface area (Å²) in [6.45, 7) is 7.60. The molecule has 0 radical (unpaired) electrons. The molecule has 0 saturated carbocycles. The van der Waals surface area contributed by atoms with E-state index in [9.17, 15) is 0 Å². The fourth-order valence-corrected chi connectivity index (χ4v) is 1.80. The van der Waals surface area contributed by atoms with Crippen molar-refractivity contribution in [3.63, 3.8) is 0 Å². The number of hydrogen-bond acceptors (Lipinski definition) is 5. The van der Waals surface area contributed by atoms with Crippen LogP contribution in [-0.2, 0) is 11.3 Å². The normalized spacial score (nSPS) is 20.8. The summed E-state index contributed by atoms with van der Waals surface area (Å²) in [5.74, 6) is 1.54. The molecular weight excluding hydrogens is 206 g/mol. The number of tetrazole rings is 1. The van der Waals surface area contributed by atoms with E-state index >= 15 is 0 Å². The monoisotopic (exact) mass is 225 g/mol. The summed E-state index contributed by atoms with van der Waals surface area (Å²) >= 11 is 0. The molecule has 16 heavy (non-hydrogen) atoms. The first-order chi connectivity index (χ1) is 7.77. The van der Waals surface area contributed by atoms with Gasteiger partial charge in [-0.15, -0.1) is 5.10 Å². The Balaban J connectivity index is 1.91. The van der Waals surface area contributed by atoms with E-state index in [1.54, 1.807) is 0 Å². The van der Waals surface area contributed by atoms with E-state index in [1.807, 2.05) is 4.68 Å². The molecule has 1 aromatic heterocycles. The standard InChI is InChI=1S/C10H19N5O/c1-8(2)5-11-6-10-12-13-14-15(10)9-3-4-16-7-9/h8-9,11H,3-7H2,1-2H3. The van der Waals surface area contributed by atoms with E-state index < -0.39 is 0 Å². The molecule has 2 rings (SSSR count). The molecule has 1 aliphatic rings. The topological polar surface area (TPSA) is 64.9 Å². The molecule has 6 heteroatoms. The van der Waals surface area contributed by atoms with Crippen LogP contribution in [0, 0.1) is 5.92 Å². The van der Waals surface area contributed by atoms with E-state index in [0.717, 1.165) is 38.5 Å². The third-order valence-electron chi connectivity index (χ3n) is 2.65. The minimum Gasteiger partial charge on any atom is -0.379 e. The van der Waals surface area contributed by atoms with Gasteiger partial charge < -0.3 is 10.1 Å². The van der Waals surface area contributed by atoms with E-state index in [1.165, 1.54) is 0 Å². The molecule has 90 valence electrons. The second-order valence-electron chi connectivity index (χ2n) is 4.58. The molecule has 0 amide bonds. The molecule has 0 bridgehead atoms. The summed E-state index contributed by atoms with van der Waals surface area (Å²) in [6.07, 6.45) is 1.00. The molecule has 0 aromatic carbocycles. The van der Waals surface area contributed by atoms with Crippen molar-refractivity contribution in [2.24, 2.45) is 5.92 Å². The maximum atomic E-state index is 5.34. The SMILES string of the molecule is CC(C)CNCc1nnnn1C1CCOC1. The van der Waals surface area contributed by atoms with E-state index in [4.69, 9.17) is 4.74 Å². The van der Waals surface area contributed by atoms with Crippen LogP contribution in [0.3, 0.4) is 0 Å². The zero-order valence-electron chi connectivity index (χ0n) is 9.89. The van der Waals surface area contributed by atoms with Gasteiger partial charge in [-0.05, 0) is 29.3 Å². The van der Waals surface area contributed by atoms with Crippen molar-refractivity contribution >= 4 is 0 Å². The summed E-state index contributed by atoms with van der Waals surface area (Å²) in [6, 6.07) is 0.311. The lowest BCUT2D eigenvalue weighted by Crippen LogP contribution is -2.23. The van der Waals surface area contributed by atoms with Gasteiger partial charge in [-0.3, -0.25) is 0 Å². The van der Waals surface area contributed by atoms with Crippen LogP contribution in [-0.4, -0.2) is 40.0 Å². The van der Waals surface area contributed by atoms with Crippen LogP contribution < -0.4 is 5.32 Å². The van der Waals surface area contributed by atoms with Gasteiger partial charge in [0.05, 0.1) is 19.2 Å². The largest absolute Gasteiger partial charge is 0.379 e. The Morgan fingerprint density at radius 2 is 2.44 bits per heavy atom. The van der Waals surface area contributed by atoms with Crippen molar-refractivity contribution in [3.05, 3.63) is 5.82 Å². The van der Waals surface area contributed by atoms with Crippen molar-refractivity contribution in [2.45, 2.75) is 32.9 Å². The van der Waals surface area contributed by atoms with Gasteiger partial charge in [0.1, 0.15) is 0 Å². The number of aromatic nitrogens is 4. The molecule has 0 spiro atoms. The molecule has 1 atom stereocenters. The number of hydrogen-bond donors (Lipinski definition) is 1. The highest BCUT2D eigenvalue weighted by Gasteiger charge is 2.21. The van der Waals surface area contributed by atoms with Crippen molar-refractivity contribution in [1.29, 1.82) is 0 Å². The Labute approximate surface area is 95.4 Å². The lowest BCUT2D eigenvalue weighted by Gasteiger charge is -2.11. The summed E-state index contributed by atoms with van der Waals surface area (Å²) in [5.41, 5.74) is 0. The van der Waals surface area contributed by atoms with Crippen molar-refractivity contribution < 1.29 is 4.74 Å². The highest BCUT2D eigenvalue weighted by Crippen LogP contribution is 2.18. The van der Waals surface area contributed by atoms with E-state index in [2.05, 4.69) is 34.7 Å². The van der Waals surface area contributed by atoms with Gasteiger partial charge in [0.25, 0.3) is 0 Å². The highest BCUT2D eigenvalue weighted by molar-refractivity contribution is 4.85. The van der Waals surface area contributed by atoms with Crippen LogP contribution in [0.15, 0.2) is 0 Å². The lowest BCUT2D eigenvalue weighted by molar-refractivity contribution is 0.183.